The predicted octanol–water partition coefficient (Wildman–Crippen LogP) is 1.77. The van der Waals surface area contributed by atoms with Crippen LogP contribution in [0.4, 0.5) is 0 Å². The number of carbonyl (C=O) groups is 1. The van der Waals surface area contributed by atoms with Gasteiger partial charge in [-0.3, -0.25) is 4.79 Å². The summed E-state index contributed by atoms with van der Waals surface area (Å²) in [5, 5.41) is 3.18. The van der Waals surface area contributed by atoms with Crippen molar-refractivity contribution in [2.75, 3.05) is 20.1 Å². The summed E-state index contributed by atoms with van der Waals surface area (Å²) in [5.74, 6) is 0.132. The molecule has 0 spiro atoms. The first-order chi connectivity index (χ1) is 7.61. The molecule has 1 fully saturated rings. The van der Waals surface area contributed by atoms with Gasteiger partial charge in [-0.05, 0) is 31.0 Å². The SMILES string of the molecule is Cc1cccc(C(=O)N(C)C2CNC2)c1C.Cl. The molecule has 1 amide bonds. The minimum absolute atomic E-state index is 0. The van der Waals surface area contributed by atoms with E-state index in [1.165, 1.54) is 5.56 Å². The Morgan fingerprint density at radius 3 is 2.53 bits per heavy atom. The molecule has 1 aromatic rings. The normalized spacial score (nSPS) is 14.8. The standard InChI is InChI=1S/C13H18N2O.ClH/c1-9-5-4-6-12(10(9)2)13(16)15(3)11-7-14-8-11;/h4-6,11,14H,7-8H2,1-3H3;1H. The number of amides is 1. The second-order valence-electron chi connectivity index (χ2n) is 4.48. The van der Waals surface area contributed by atoms with Gasteiger partial charge in [0.25, 0.3) is 5.91 Å². The van der Waals surface area contributed by atoms with E-state index < -0.39 is 0 Å². The van der Waals surface area contributed by atoms with Gasteiger partial charge in [0.2, 0.25) is 0 Å². The van der Waals surface area contributed by atoms with E-state index in [1.807, 2.05) is 44.0 Å². The Bertz CT molecular complexity index is 416. The van der Waals surface area contributed by atoms with Gasteiger partial charge in [-0.2, -0.15) is 0 Å². The van der Waals surface area contributed by atoms with Crippen molar-refractivity contribution < 1.29 is 4.79 Å². The zero-order chi connectivity index (χ0) is 11.7. The molecule has 17 heavy (non-hydrogen) atoms. The Hall–Kier alpha value is -1.06. The first-order valence-corrected chi connectivity index (χ1v) is 5.65. The van der Waals surface area contributed by atoms with Crippen molar-refractivity contribution >= 4 is 18.3 Å². The number of rotatable bonds is 2. The summed E-state index contributed by atoms with van der Waals surface area (Å²) in [6.45, 7) is 5.87. The van der Waals surface area contributed by atoms with Crippen molar-refractivity contribution in [2.45, 2.75) is 19.9 Å². The van der Waals surface area contributed by atoms with Crippen LogP contribution in [0.25, 0.3) is 0 Å². The van der Waals surface area contributed by atoms with Gasteiger partial charge < -0.3 is 10.2 Å². The van der Waals surface area contributed by atoms with Crippen molar-refractivity contribution in [1.29, 1.82) is 0 Å². The van der Waals surface area contributed by atoms with Crippen LogP contribution in [0, 0.1) is 13.8 Å². The summed E-state index contributed by atoms with van der Waals surface area (Å²) in [4.78, 5) is 14.1. The van der Waals surface area contributed by atoms with Gasteiger partial charge in [-0.25, -0.2) is 0 Å². The highest BCUT2D eigenvalue weighted by Gasteiger charge is 2.26. The summed E-state index contributed by atoms with van der Waals surface area (Å²) in [6, 6.07) is 6.25. The van der Waals surface area contributed by atoms with E-state index in [-0.39, 0.29) is 18.3 Å². The first kappa shape index (κ1) is 14.0. The molecule has 0 aliphatic carbocycles. The molecule has 3 nitrogen and oxygen atoms in total. The first-order valence-electron chi connectivity index (χ1n) is 5.65. The number of carbonyl (C=O) groups excluding carboxylic acids is 1. The van der Waals surface area contributed by atoms with Crippen LogP contribution in [0.5, 0.6) is 0 Å². The molecule has 1 heterocycles. The van der Waals surface area contributed by atoms with Crippen molar-refractivity contribution in [3.8, 4) is 0 Å². The molecule has 0 saturated carbocycles. The van der Waals surface area contributed by atoms with Crippen molar-refractivity contribution in [3.05, 3.63) is 34.9 Å². The van der Waals surface area contributed by atoms with Crippen LogP contribution >= 0.6 is 12.4 Å². The van der Waals surface area contributed by atoms with Gasteiger partial charge in [0.15, 0.2) is 0 Å². The van der Waals surface area contributed by atoms with Crippen LogP contribution < -0.4 is 5.32 Å². The summed E-state index contributed by atoms with van der Waals surface area (Å²) < 4.78 is 0. The molecule has 4 heteroatoms. The maximum absolute atomic E-state index is 12.3. The molecule has 1 aliphatic rings. The van der Waals surface area contributed by atoms with Gasteiger partial charge in [0.05, 0.1) is 6.04 Å². The Balaban J connectivity index is 0.00000144. The zero-order valence-electron chi connectivity index (χ0n) is 10.5. The number of halogens is 1. The minimum Gasteiger partial charge on any atom is -0.336 e. The molecule has 1 saturated heterocycles. The average Bonchev–Trinajstić information content (AvgIpc) is 2.18. The summed E-state index contributed by atoms with van der Waals surface area (Å²) in [5.41, 5.74) is 3.09. The molecule has 1 N–H and O–H groups in total. The molecule has 1 aromatic carbocycles. The number of benzene rings is 1. The average molecular weight is 255 g/mol. The Kier molecular flexibility index (Phi) is 4.54. The number of likely N-dealkylation sites (N-methyl/N-ethyl adjacent to an activating group) is 1. The number of nitrogens with one attached hydrogen (secondary N) is 1. The van der Waals surface area contributed by atoms with E-state index in [0.29, 0.717) is 6.04 Å². The Morgan fingerprint density at radius 1 is 1.35 bits per heavy atom. The molecule has 2 rings (SSSR count). The van der Waals surface area contributed by atoms with E-state index >= 15 is 0 Å². The summed E-state index contributed by atoms with van der Waals surface area (Å²) in [6.07, 6.45) is 0. The lowest BCUT2D eigenvalue weighted by molar-refractivity contribution is 0.0680. The van der Waals surface area contributed by atoms with E-state index in [1.54, 1.807) is 0 Å². The lowest BCUT2D eigenvalue weighted by Gasteiger charge is -2.36. The summed E-state index contributed by atoms with van der Waals surface area (Å²) >= 11 is 0. The third-order valence-electron chi connectivity index (χ3n) is 3.46. The van der Waals surface area contributed by atoms with Crippen molar-refractivity contribution in [1.82, 2.24) is 10.2 Å². The lowest BCUT2D eigenvalue weighted by Crippen LogP contribution is -2.57. The quantitative estimate of drug-likeness (QED) is 0.873. The van der Waals surface area contributed by atoms with Gasteiger partial charge in [0, 0.05) is 25.7 Å². The largest absolute Gasteiger partial charge is 0.336 e. The van der Waals surface area contributed by atoms with Crippen LogP contribution in [-0.2, 0) is 0 Å². The predicted molar refractivity (Wildman–Crippen MR) is 71.9 cm³/mol. The monoisotopic (exact) mass is 254 g/mol. The maximum Gasteiger partial charge on any atom is 0.254 e. The third kappa shape index (κ3) is 2.61. The fourth-order valence-electron chi connectivity index (χ4n) is 1.89. The van der Waals surface area contributed by atoms with Crippen LogP contribution in [0.2, 0.25) is 0 Å². The van der Waals surface area contributed by atoms with Gasteiger partial charge in [-0.1, -0.05) is 12.1 Å². The zero-order valence-corrected chi connectivity index (χ0v) is 11.3. The number of hydrogen-bond acceptors (Lipinski definition) is 2. The van der Waals surface area contributed by atoms with Gasteiger partial charge in [0.1, 0.15) is 0 Å². The van der Waals surface area contributed by atoms with Gasteiger partial charge in [-0.15, -0.1) is 12.4 Å². The van der Waals surface area contributed by atoms with E-state index in [9.17, 15) is 4.79 Å². The Morgan fingerprint density at radius 2 is 2.00 bits per heavy atom. The fourth-order valence-corrected chi connectivity index (χ4v) is 1.89. The fraction of sp³-hybridized carbons (Fsp3) is 0.462. The molecule has 94 valence electrons. The number of aryl methyl sites for hydroxylation is 1. The van der Waals surface area contributed by atoms with Crippen LogP contribution in [-0.4, -0.2) is 37.0 Å². The molecular weight excluding hydrogens is 236 g/mol. The van der Waals surface area contributed by atoms with E-state index in [0.717, 1.165) is 24.2 Å². The molecule has 1 aliphatic heterocycles. The van der Waals surface area contributed by atoms with Crippen molar-refractivity contribution in [2.24, 2.45) is 0 Å². The molecule has 0 atom stereocenters. The smallest absolute Gasteiger partial charge is 0.254 e. The second-order valence-corrected chi connectivity index (χ2v) is 4.48. The molecular formula is C13H19ClN2O. The van der Waals surface area contributed by atoms with Crippen molar-refractivity contribution in [3.63, 3.8) is 0 Å². The van der Waals surface area contributed by atoms with Crippen LogP contribution in [0.3, 0.4) is 0 Å². The van der Waals surface area contributed by atoms with Gasteiger partial charge >= 0.3 is 0 Å². The minimum atomic E-state index is 0. The van der Waals surface area contributed by atoms with Crippen LogP contribution in [0.15, 0.2) is 18.2 Å². The highest BCUT2D eigenvalue weighted by Crippen LogP contribution is 2.16. The van der Waals surface area contributed by atoms with Crippen LogP contribution in [0.1, 0.15) is 21.5 Å². The maximum atomic E-state index is 12.3. The topological polar surface area (TPSA) is 32.3 Å². The highest BCUT2D eigenvalue weighted by atomic mass is 35.5. The lowest BCUT2D eigenvalue weighted by atomic mass is 10.0. The number of nitrogens with zero attached hydrogens (tertiary/aromatic N) is 1. The Labute approximate surface area is 109 Å². The molecule has 0 aromatic heterocycles. The highest BCUT2D eigenvalue weighted by molar-refractivity contribution is 5.96. The van der Waals surface area contributed by atoms with E-state index in [4.69, 9.17) is 0 Å². The molecule has 0 unspecified atom stereocenters. The summed E-state index contributed by atoms with van der Waals surface area (Å²) in [7, 11) is 1.88. The third-order valence-corrected chi connectivity index (χ3v) is 3.46. The number of hydrogen-bond donors (Lipinski definition) is 1. The molecule has 0 bridgehead atoms. The second kappa shape index (κ2) is 5.52. The molecule has 0 radical (unpaired) electrons. The van der Waals surface area contributed by atoms with E-state index in [2.05, 4.69) is 5.32 Å².